The Morgan fingerprint density at radius 2 is 2.50 bits per heavy atom. The van der Waals surface area contributed by atoms with Gasteiger partial charge in [-0.05, 0) is 31.9 Å². The summed E-state index contributed by atoms with van der Waals surface area (Å²) in [5.41, 5.74) is -0.749. The molecule has 0 spiro atoms. The van der Waals surface area contributed by atoms with Crippen LogP contribution in [0.5, 0.6) is 0 Å². The molecular weight excluding hydrogens is 228 g/mol. The summed E-state index contributed by atoms with van der Waals surface area (Å²) in [6, 6.07) is 3.40. The Kier molecular flexibility index (Phi) is 3.12. The zero-order valence-electron chi connectivity index (χ0n) is 9.00. The smallest absolute Gasteiger partial charge is 0.257 e. The lowest BCUT2D eigenvalue weighted by atomic mass is 10.0. The van der Waals surface area contributed by atoms with E-state index in [9.17, 15) is 4.79 Å². The van der Waals surface area contributed by atoms with E-state index < -0.39 is 5.60 Å². The second kappa shape index (κ2) is 4.39. The number of ether oxygens (including phenoxy) is 1. The van der Waals surface area contributed by atoms with Gasteiger partial charge in [-0.25, -0.2) is 4.98 Å². The third-order valence-corrected chi connectivity index (χ3v) is 2.99. The van der Waals surface area contributed by atoms with Crippen LogP contribution in [0.1, 0.15) is 19.8 Å². The van der Waals surface area contributed by atoms with Gasteiger partial charge in [0.1, 0.15) is 5.60 Å². The third kappa shape index (κ3) is 2.18. The number of nitrogens with one attached hydrogen (secondary N) is 1. The number of anilines is 1. The number of carbonyl (C=O) groups excluding carboxylic acids is 1. The Bertz CT molecular complexity index is 403. The van der Waals surface area contributed by atoms with Gasteiger partial charge in [-0.3, -0.25) is 4.79 Å². The number of aromatic nitrogens is 1. The van der Waals surface area contributed by atoms with Crippen molar-refractivity contribution in [2.75, 3.05) is 11.9 Å². The molecular formula is C11H13ClN2O2. The van der Waals surface area contributed by atoms with Crippen LogP contribution < -0.4 is 5.32 Å². The maximum absolute atomic E-state index is 12.0. The summed E-state index contributed by atoms with van der Waals surface area (Å²) in [5, 5.41) is 3.11. The van der Waals surface area contributed by atoms with Crippen molar-refractivity contribution in [2.45, 2.75) is 25.4 Å². The van der Waals surface area contributed by atoms with E-state index in [2.05, 4.69) is 10.3 Å². The molecule has 1 saturated heterocycles. The molecule has 1 atom stereocenters. The topological polar surface area (TPSA) is 51.2 Å². The van der Waals surface area contributed by atoms with Gasteiger partial charge in [0, 0.05) is 12.8 Å². The van der Waals surface area contributed by atoms with Crippen molar-refractivity contribution < 1.29 is 9.53 Å². The molecule has 1 fully saturated rings. The number of hydrogen-bond donors (Lipinski definition) is 1. The number of nitrogens with zero attached hydrogens (tertiary/aromatic N) is 1. The number of halogens is 1. The van der Waals surface area contributed by atoms with Crippen LogP contribution in [0.25, 0.3) is 0 Å². The van der Waals surface area contributed by atoms with E-state index >= 15 is 0 Å². The molecule has 1 aromatic heterocycles. The van der Waals surface area contributed by atoms with Crippen LogP contribution in [-0.2, 0) is 9.53 Å². The maximum Gasteiger partial charge on any atom is 0.257 e. The second-order valence-corrected chi connectivity index (χ2v) is 4.38. The first kappa shape index (κ1) is 11.4. The molecule has 0 saturated carbocycles. The van der Waals surface area contributed by atoms with Gasteiger partial charge < -0.3 is 10.1 Å². The Labute approximate surface area is 99.0 Å². The van der Waals surface area contributed by atoms with Crippen LogP contribution in [0.15, 0.2) is 18.3 Å². The summed E-state index contributed by atoms with van der Waals surface area (Å²) in [5.74, 6) is 0.191. The summed E-state index contributed by atoms with van der Waals surface area (Å²) in [6.07, 6.45) is 3.21. The van der Waals surface area contributed by atoms with Gasteiger partial charge in [-0.1, -0.05) is 11.6 Å². The molecule has 5 heteroatoms. The first-order chi connectivity index (χ1) is 7.62. The molecule has 1 unspecified atom stereocenters. The van der Waals surface area contributed by atoms with Crippen molar-refractivity contribution in [3.63, 3.8) is 0 Å². The standard InChI is InChI=1S/C11H13ClN2O2/c1-11(5-3-7-16-11)10(15)14-9-8(12)4-2-6-13-9/h2,4,6H,3,5,7H2,1H3,(H,13,14,15). The number of pyridine rings is 1. The minimum Gasteiger partial charge on any atom is -0.365 e. The predicted molar refractivity (Wildman–Crippen MR) is 61.5 cm³/mol. The van der Waals surface area contributed by atoms with E-state index in [0.717, 1.165) is 12.8 Å². The SMILES string of the molecule is CC1(C(=O)Nc2ncccc2Cl)CCCO1. The molecule has 0 aromatic carbocycles. The van der Waals surface area contributed by atoms with Gasteiger partial charge in [-0.15, -0.1) is 0 Å². The van der Waals surface area contributed by atoms with E-state index in [1.54, 1.807) is 25.3 Å². The van der Waals surface area contributed by atoms with Crippen LogP contribution in [0.3, 0.4) is 0 Å². The van der Waals surface area contributed by atoms with Gasteiger partial charge >= 0.3 is 0 Å². The van der Waals surface area contributed by atoms with Crippen molar-refractivity contribution in [3.05, 3.63) is 23.4 Å². The fraction of sp³-hybridized carbons (Fsp3) is 0.455. The highest BCUT2D eigenvalue weighted by Gasteiger charge is 2.38. The zero-order valence-corrected chi connectivity index (χ0v) is 9.75. The van der Waals surface area contributed by atoms with Crippen LogP contribution in [0.2, 0.25) is 5.02 Å². The number of hydrogen-bond acceptors (Lipinski definition) is 3. The minimum atomic E-state index is -0.749. The van der Waals surface area contributed by atoms with Gasteiger partial charge in [0.2, 0.25) is 0 Å². The second-order valence-electron chi connectivity index (χ2n) is 3.97. The number of carbonyl (C=O) groups is 1. The molecule has 4 nitrogen and oxygen atoms in total. The van der Waals surface area contributed by atoms with Crippen molar-refractivity contribution in [1.82, 2.24) is 4.98 Å². The largest absolute Gasteiger partial charge is 0.365 e. The lowest BCUT2D eigenvalue weighted by Crippen LogP contribution is -2.39. The Morgan fingerprint density at radius 1 is 1.69 bits per heavy atom. The Morgan fingerprint density at radius 3 is 3.12 bits per heavy atom. The first-order valence-corrected chi connectivity index (χ1v) is 5.55. The summed E-state index contributed by atoms with van der Waals surface area (Å²) < 4.78 is 5.43. The van der Waals surface area contributed by atoms with Crippen molar-refractivity contribution in [1.29, 1.82) is 0 Å². The normalized spacial score (nSPS) is 24.4. The van der Waals surface area contributed by atoms with Gasteiger partial charge in [0.15, 0.2) is 5.82 Å². The third-order valence-electron chi connectivity index (χ3n) is 2.69. The minimum absolute atomic E-state index is 0.189. The molecule has 1 amide bonds. The maximum atomic E-state index is 12.0. The van der Waals surface area contributed by atoms with Gasteiger partial charge in [0.25, 0.3) is 5.91 Å². The van der Waals surface area contributed by atoms with E-state index in [1.165, 1.54) is 0 Å². The Hall–Kier alpha value is -1.13. The Balaban J connectivity index is 2.10. The fourth-order valence-electron chi connectivity index (χ4n) is 1.68. The average Bonchev–Trinajstić information content (AvgIpc) is 2.70. The highest BCUT2D eigenvalue weighted by molar-refractivity contribution is 6.33. The van der Waals surface area contributed by atoms with E-state index in [1.807, 2.05) is 0 Å². The molecule has 0 aliphatic carbocycles. The molecule has 0 bridgehead atoms. The zero-order chi connectivity index (χ0) is 11.6. The van der Waals surface area contributed by atoms with Crippen molar-refractivity contribution in [3.8, 4) is 0 Å². The molecule has 16 heavy (non-hydrogen) atoms. The summed E-state index contributed by atoms with van der Waals surface area (Å²) in [4.78, 5) is 16.0. The lowest BCUT2D eigenvalue weighted by Gasteiger charge is -2.21. The van der Waals surface area contributed by atoms with Crippen LogP contribution in [-0.4, -0.2) is 23.1 Å². The molecule has 86 valence electrons. The molecule has 2 heterocycles. The molecule has 1 N–H and O–H groups in total. The first-order valence-electron chi connectivity index (χ1n) is 5.18. The van der Waals surface area contributed by atoms with Crippen molar-refractivity contribution in [2.24, 2.45) is 0 Å². The average molecular weight is 241 g/mol. The van der Waals surface area contributed by atoms with Crippen LogP contribution in [0, 0.1) is 0 Å². The van der Waals surface area contributed by atoms with E-state index in [0.29, 0.717) is 17.4 Å². The molecule has 2 rings (SSSR count). The van der Waals surface area contributed by atoms with Gasteiger partial charge in [-0.2, -0.15) is 0 Å². The summed E-state index contributed by atoms with van der Waals surface area (Å²) in [7, 11) is 0. The van der Waals surface area contributed by atoms with E-state index in [4.69, 9.17) is 16.3 Å². The van der Waals surface area contributed by atoms with E-state index in [-0.39, 0.29) is 5.91 Å². The van der Waals surface area contributed by atoms with Crippen LogP contribution >= 0.6 is 11.6 Å². The fourth-order valence-corrected chi connectivity index (χ4v) is 1.84. The molecule has 1 aliphatic heterocycles. The lowest BCUT2D eigenvalue weighted by molar-refractivity contribution is -0.133. The van der Waals surface area contributed by atoms with Crippen LogP contribution in [0.4, 0.5) is 5.82 Å². The monoisotopic (exact) mass is 240 g/mol. The van der Waals surface area contributed by atoms with Gasteiger partial charge in [0.05, 0.1) is 5.02 Å². The number of amides is 1. The molecule has 1 aliphatic rings. The summed E-state index contributed by atoms with van der Waals surface area (Å²) in [6.45, 7) is 2.41. The quantitative estimate of drug-likeness (QED) is 0.863. The highest BCUT2D eigenvalue weighted by Crippen LogP contribution is 2.27. The number of rotatable bonds is 2. The summed E-state index contributed by atoms with van der Waals surface area (Å²) >= 11 is 5.90. The molecule has 1 aromatic rings. The molecule has 0 radical (unpaired) electrons. The van der Waals surface area contributed by atoms with Crippen molar-refractivity contribution >= 4 is 23.3 Å². The highest BCUT2D eigenvalue weighted by atomic mass is 35.5. The predicted octanol–water partition coefficient (Wildman–Crippen LogP) is 2.24.